The summed E-state index contributed by atoms with van der Waals surface area (Å²) in [4.78, 5) is 15.5. The minimum absolute atomic E-state index is 0.0481. The predicted molar refractivity (Wildman–Crippen MR) is 70.0 cm³/mol. The first-order valence-corrected chi connectivity index (χ1v) is 6.21. The first-order valence-electron chi connectivity index (χ1n) is 5.42. The molecule has 0 amide bonds. The van der Waals surface area contributed by atoms with Gasteiger partial charge in [-0.25, -0.2) is 9.18 Å². The van der Waals surface area contributed by atoms with E-state index in [-0.39, 0.29) is 28.5 Å². The summed E-state index contributed by atoms with van der Waals surface area (Å²) in [6.07, 6.45) is 0. The number of rotatable bonds is 3. The van der Waals surface area contributed by atoms with Crippen molar-refractivity contribution >= 4 is 27.8 Å². The Morgan fingerprint density at radius 3 is 3.00 bits per heavy atom. The fourth-order valence-corrected chi connectivity index (χ4v) is 1.90. The molecule has 0 saturated heterocycles. The minimum atomic E-state index is -0.678. The standard InChI is InChI=1S/C12H10BrFN2O3/c1-2-18-12(17)9-10(15)19-11(16-9)6-4-3-5-7(14)8(6)13/h3-5H,2,15H2,1H3. The third-order valence-electron chi connectivity index (χ3n) is 2.30. The van der Waals surface area contributed by atoms with E-state index in [1.165, 1.54) is 12.1 Å². The van der Waals surface area contributed by atoms with Gasteiger partial charge in [0, 0.05) is 0 Å². The van der Waals surface area contributed by atoms with Gasteiger partial charge < -0.3 is 14.9 Å². The summed E-state index contributed by atoms with van der Waals surface area (Å²) in [7, 11) is 0. The molecule has 0 aliphatic heterocycles. The molecule has 0 atom stereocenters. The molecule has 0 radical (unpaired) electrons. The number of esters is 1. The summed E-state index contributed by atoms with van der Waals surface area (Å²) in [5.74, 6) is -1.26. The number of oxazole rings is 1. The lowest BCUT2D eigenvalue weighted by Crippen LogP contribution is -2.07. The second-order valence-electron chi connectivity index (χ2n) is 3.55. The van der Waals surface area contributed by atoms with Crippen LogP contribution in [0.15, 0.2) is 27.1 Å². The third-order valence-corrected chi connectivity index (χ3v) is 3.11. The number of benzene rings is 1. The summed E-state index contributed by atoms with van der Waals surface area (Å²) in [6.45, 7) is 1.86. The average Bonchev–Trinajstić information content (AvgIpc) is 2.75. The van der Waals surface area contributed by atoms with Crippen LogP contribution in [0.4, 0.5) is 10.3 Å². The van der Waals surface area contributed by atoms with Crippen LogP contribution in [0.3, 0.4) is 0 Å². The normalized spacial score (nSPS) is 10.5. The molecule has 1 aromatic carbocycles. The molecule has 2 aromatic rings. The van der Waals surface area contributed by atoms with Crippen molar-refractivity contribution in [2.75, 3.05) is 12.3 Å². The second kappa shape index (κ2) is 5.40. The largest absolute Gasteiger partial charge is 0.461 e. The third kappa shape index (κ3) is 2.60. The molecule has 5 nitrogen and oxygen atoms in total. The molecule has 0 saturated carbocycles. The Hall–Kier alpha value is -1.89. The monoisotopic (exact) mass is 328 g/mol. The highest BCUT2D eigenvalue weighted by Gasteiger charge is 2.21. The van der Waals surface area contributed by atoms with Crippen molar-refractivity contribution in [1.82, 2.24) is 4.98 Å². The molecule has 100 valence electrons. The highest BCUT2D eigenvalue weighted by molar-refractivity contribution is 9.10. The fourth-order valence-electron chi connectivity index (χ4n) is 1.46. The van der Waals surface area contributed by atoms with Crippen molar-refractivity contribution in [1.29, 1.82) is 0 Å². The zero-order chi connectivity index (χ0) is 14.0. The van der Waals surface area contributed by atoms with Crippen molar-refractivity contribution in [2.45, 2.75) is 6.92 Å². The van der Waals surface area contributed by atoms with E-state index in [0.29, 0.717) is 5.56 Å². The lowest BCUT2D eigenvalue weighted by Gasteiger charge is -1.99. The number of carbonyl (C=O) groups excluding carboxylic acids is 1. The lowest BCUT2D eigenvalue weighted by atomic mass is 10.2. The highest BCUT2D eigenvalue weighted by Crippen LogP contribution is 2.31. The summed E-state index contributed by atoms with van der Waals surface area (Å²) in [5.41, 5.74) is 5.80. The molecule has 0 spiro atoms. The number of ether oxygens (including phenoxy) is 1. The molecule has 1 heterocycles. The van der Waals surface area contributed by atoms with Gasteiger partial charge in [-0.15, -0.1) is 0 Å². The number of anilines is 1. The van der Waals surface area contributed by atoms with E-state index in [1.54, 1.807) is 13.0 Å². The van der Waals surface area contributed by atoms with Crippen LogP contribution in [0, 0.1) is 5.82 Å². The van der Waals surface area contributed by atoms with Gasteiger partial charge in [0.25, 0.3) is 0 Å². The van der Waals surface area contributed by atoms with Crippen molar-refractivity contribution in [3.63, 3.8) is 0 Å². The number of aromatic nitrogens is 1. The van der Waals surface area contributed by atoms with Gasteiger partial charge in [-0.2, -0.15) is 4.98 Å². The molecule has 2 rings (SSSR count). The number of halogens is 2. The predicted octanol–water partition coefficient (Wildman–Crippen LogP) is 3.00. The van der Waals surface area contributed by atoms with Crippen molar-refractivity contribution in [2.24, 2.45) is 0 Å². The Kier molecular flexibility index (Phi) is 3.84. The Bertz CT molecular complexity index is 627. The maximum absolute atomic E-state index is 13.4. The van der Waals surface area contributed by atoms with Crippen molar-refractivity contribution in [3.8, 4) is 11.5 Å². The van der Waals surface area contributed by atoms with Crippen molar-refractivity contribution in [3.05, 3.63) is 34.2 Å². The van der Waals surface area contributed by atoms with Gasteiger partial charge in [0.1, 0.15) is 5.82 Å². The molecule has 7 heteroatoms. The minimum Gasteiger partial charge on any atom is -0.461 e. The number of hydrogen-bond donors (Lipinski definition) is 1. The summed E-state index contributed by atoms with van der Waals surface area (Å²) in [5, 5.41) is 0. The lowest BCUT2D eigenvalue weighted by molar-refractivity contribution is 0.0521. The summed E-state index contributed by atoms with van der Waals surface area (Å²) >= 11 is 3.09. The van der Waals surface area contributed by atoms with E-state index in [2.05, 4.69) is 20.9 Å². The Balaban J connectivity index is 2.45. The first kappa shape index (κ1) is 13.5. The topological polar surface area (TPSA) is 78.3 Å². The van der Waals surface area contributed by atoms with Crippen LogP contribution in [-0.2, 0) is 4.74 Å². The fraction of sp³-hybridized carbons (Fsp3) is 0.167. The molecule has 0 aliphatic carbocycles. The Morgan fingerprint density at radius 1 is 1.58 bits per heavy atom. The van der Waals surface area contributed by atoms with Crippen molar-refractivity contribution < 1.29 is 18.3 Å². The van der Waals surface area contributed by atoms with E-state index in [0.717, 1.165) is 0 Å². The van der Waals surface area contributed by atoms with Crippen LogP contribution in [0.1, 0.15) is 17.4 Å². The number of carbonyl (C=O) groups is 1. The van der Waals surface area contributed by atoms with Crippen LogP contribution in [0.25, 0.3) is 11.5 Å². The zero-order valence-electron chi connectivity index (χ0n) is 9.94. The quantitative estimate of drug-likeness (QED) is 0.876. The highest BCUT2D eigenvalue weighted by atomic mass is 79.9. The van der Waals surface area contributed by atoms with Crippen LogP contribution >= 0.6 is 15.9 Å². The molecule has 0 fully saturated rings. The first-order chi connectivity index (χ1) is 9.04. The number of nitrogens with zero attached hydrogens (tertiary/aromatic N) is 1. The van der Waals surface area contributed by atoms with Gasteiger partial charge in [-0.05, 0) is 35.0 Å². The molecular formula is C12H10BrFN2O3. The van der Waals surface area contributed by atoms with Gasteiger partial charge in [0.05, 0.1) is 16.6 Å². The number of nitrogens with two attached hydrogens (primary N) is 1. The van der Waals surface area contributed by atoms with E-state index in [4.69, 9.17) is 14.9 Å². The molecule has 0 aliphatic rings. The molecule has 19 heavy (non-hydrogen) atoms. The maximum Gasteiger partial charge on any atom is 0.362 e. The number of hydrogen-bond acceptors (Lipinski definition) is 5. The molecule has 1 aromatic heterocycles. The van der Waals surface area contributed by atoms with Gasteiger partial charge in [-0.3, -0.25) is 0 Å². The summed E-state index contributed by atoms with van der Waals surface area (Å²) < 4.78 is 23.6. The van der Waals surface area contributed by atoms with Crippen LogP contribution in [0.2, 0.25) is 0 Å². The Labute approximate surface area is 116 Å². The van der Waals surface area contributed by atoms with E-state index < -0.39 is 11.8 Å². The van der Waals surface area contributed by atoms with Gasteiger partial charge in [-0.1, -0.05) is 6.07 Å². The van der Waals surface area contributed by atoms with Gasteiger partial charge in [0.2, 0.25) is 17.5 Å². The molecule has 2 N–H and O–H groups in total. The van der Waals surface area contributed by atoms with E-state index in [1.807, 2.05) is 0 Å². The SMILES string of the molecule is CCOC(=O)c1nc(-c2cccc(F)c2Br)oc1N. The van der Waals surface area contributed by atoms with E-state index in [9.17, 15) is 9.18 Å². The Morgan fingerprint density at radius 2 is 2.32 bits per heavy atom. The zero-order valence-corrected chi connectivity index (χ0v) is 11.5. The summed E-state index contributed by atoms with van der Waals surface area (Å²) in [6, 6.07) is 4.37. The van der Waals surface area contributed by atoms with Crippen LogP contribution < -0.4 is 5.73 Å². The maximum atomic E-state index is 13.4. The second-order valence-corrected chi connectivity index (χ2v) is 4.35. The van der Waals surface area contributed by atoms with Gasteiger partial charge >= 0.3 is 5.97 Å². The number of nitrogen functional groups attached to an aromatic ring is 1. The smallest absolute Gasteiger partial charge is 0.362 e. The van der Waals surface area contributed by atoms with Crippen LogP contribution in [0.5, 0.6) is 0 Å². The van der Waals surface area contributed by atoms with E-state index >= 15 is 0 Å². The molecule has 0 bridgehead atoms. The molecular weight excluding hydrogens is 319 g/mol. The van der Waals surface area contributed by atoms with Gasteiger partial charge in [0.15, 0.2) is 0 Å². The average molecular weight is 329 g/mol. The molecule has 0 unspecified atom stereocenters. The van der Waals surface area contributed by atoms with Crippen LogP contribution in [-0.4, -0.2) is 17.6 Å².